The maximum absolute atomic E-state index is 5.68. The molecule has 1 heterocycles. The number of para-hydroxylation sites is 1. The highest BCUT2D eigenvalue weighted by Crippen LogP contribution is 2.21. The second kappa shape index (κ2) is 7.33. The lowest BCUT2D eigenvalue weighted by Gasteiger charge is -2.12. The highest BCUT2D eigenvalue weighted by Gasteiger charge is 2.09. The van der Waals surface area contributed by atoms with E-state index in [0.717, 1.165) is 23.6 Å². The van der Waals surface area contributed by atoms with Gasteiger partial charge in [-0.05, 0) is 18.6 Å². The molecule has 0 fully saturated rings. The van der Waals surface area contributed by atoms with Crippen molar-refractivity contribution >= 4 is 5.82 Å². The van der Waals surface area contributed by atoms with Gasteiger partial charge in [0.15, 0.2) is 0 Å². The molecule has 0 saturated carbocycles. The van der Waals surface area contributed by atoms with Crippen LogP contribution >= 0.6 is 0 Å². The van der Waals surface area contributed by atoms with Crippen molar-refractivity contribution in [3.8, 4) is 11.6 Å². The molecule has 0 radical (unpaired) electrons. The van der Waals surface area contributed by atoms with Crippen molar-refractivity contribution in [3.05, 3.63) is 42.2 Å². The molecule has 0 aliphatic carbocycles. The molecule has 0 spiro atoms. The van der Waals surface area contributed by atoms with Gasteiger partial charge >= 0.3 is 0 Å². The summed E-state index contributed by atoms with van der Waals surface area (Å²) in [7, 11) is 1.84. The number of aromatic nitrogens is 2. The van der Waals surface area contributed by atoms with Gasteiger partial charge in [-0.1, -0.05) is 25.1 Å². The van der Waals surface area contributed by atoms with Crippen molar-refractivity contribution in [2.75, 3.05) is 25.6 Å². The topological polar surface area (TPSA) is 56.3 Å². The minimum absolute atomic E-state index is 0.446. The zero-order valence-corrected chi connectivity index (χ0v) is 11.8. The molecule has 0 atom stereocenters. The molecule has 2 rings (SSSR count). The first-order chi connectivity index (χ1) is 9.85. The van der Waals surface area contributed by atoms with Crippen LogP contribution in [0.3, 0.4) is 0 Å². The Hall–Kier alpha value is -2.30. The largest absolute Gasteiger partial charge is 0.490 e. The summed E-state index contributed by atoms with van der Waals surface area (Å²) in [5.41, 5.74) is 0.981. The van der Waals surface area contributed by atoms with Gasteiger partial charge in [-0.2, -0.15) is 0 Å². The van der Waals surface area contributed by atoms with Crippen LogP contribution in [-0.2, 0) is 6.42 Å². The van der Waals surface area contributed by atoms with E-state index in [-0.39, 0.29) is 0 Å². The standard InChI is InChI=1S/C15H19N3O2/c1-3-13-14(16-2)17-11-18-15(13)20-10-9-19-12-7-5-4-6-8-12/h4-8,11H,3,9-10H2,1-2H3,(H,16,17,18). The first kappa shape index (κ1) is 14.1. The molecule has 5 heteroatoms. The molecule has 20 heavy (non-hydrogen) atoms. The van der Waals surface area contributed by atoms with Crippen LogP contribution < -0.4 is 14.8 Å². The Morgan fingerprint density at radius 2 is 1.80 bits per heavy atom. The summed E-state index contributed by atoms with van der Waals surface area (Å²) in [5, 5.41) is 3.04. The van der Waals surface area contributed by atoms with Crippen molar-refractivity contribution < 1.29 is 9.47 Å². The summed E-state index contributed by atoms with van der Waals surface area (Å²) in [6, 6.07) is 9.67. The minimum Gasteiger partial charge on any atom is -0.490 e. The maximum atomic E-state index is 5.68. The lowest BCUT2D eigenvalue weighted by Crippen LogP contribution is -2.12. The van der Waals surface area contributed by atoms with Crippen molar-refractivity contribution in [2.45, 2.75) is 13.3 Å². The Bertz CT molecular complexity index is 532. The van der Waals surface area contributed by atoms with E-state index in [4.69, 9.17) is 9.47 Å². The smallest absolute Gasteiger partial charge is 0.221 e. The number of nitrogens with zero attached hydrogens (tertiary/aromatic N) is 2. The predicted molar refractivity (Wildman–Crippen MR) is 78.4 cm³/mol. The summed E-state index contributed by atoms with van der Waals surface area (Å²) in [5.74, 6) is 2.26. The normalized spacial score (nSPS) is 10.1. The Balaban J connectivity index is 1.88. The third kappa shape index (κ3) is 3.60. The molecule has 0 saturated heterocycles. The number of benzene rings is 1. The predicted octanol–water partition coefficient (Wildman–Crippen LogP) is 2.54. The first-order valence-electron chi connectivity index (χ1n) is 6.67. The average molecular weight is 273 g/mol. The molecule has 5 nitrogen and oxygen atoms in total. The second-order valence-electron chi connectivity index (χ2n) is 4.12. The first-order valence-corrected chi connectivity index (χ1v) is 6.67. The molecule has 0 bridgehead atoms. The Kier molecular flexibility index (Phi) is 5.17. The highest BCUT2D eigenvalue weighted by molar-refractivity contribution is 5.48. The molecular weight excluding hydrogens is 254 g/mol. The molecule has 1 aromatic heterocycles. The van der Waals surface area contributed by atoms with Crippen LogP contribution in [0.1, 0.15) is 12.5 Å². The molecule has 2 aromatic rings. The number of rotatable bonds is 7. The van der Waals surface area contributed by atoms with Crippen LogP contribution in [0.5, 0.6) is 11.6 Å². The van der Waals surface area contributed by atoms with Gasteiger partial charge in [-0.25, -0.2) is 9.97 Å². The summed E-state index contributed by atoms with van der Waals surface area (Å²) >= 11 is 0. The van der Waals surface area contributed by atoms with Gasteiger partial charge in [0.2, 0.25) is 5.88 Å². The summed E-state index contributed by atoms with van der Waals surface area (Å²) in [6.45, 7) is 2.97. The van der Waals surface area contributed by atoms with E-state index in [1.807, 2.05) is 44.3 Å². The zero-order chi connectivity index (χ0) is 14.2. The molecule has 0 aliphatic rings. The summed E-state index contributed by atoms with van der Waals surface area (Å²) in [6.07, 6.45) is 2.31. The van der Waals surface area contributed by atoms with Gasteiger partial charge in [0, 0.05) is 7.05 Å². The van der Waals surface area contributed by atoms with E-state index in [1.165, 1.54) is 6.33 Å². The fourth-order valence-electron chi connectivity index (χ4n) is 1.87. The van der Waals surface area contributed by atoms with E-state index in [2.05, 4.69) is 15.3 Å². The number of nitrogens with one attached hydrogen (secondary N) is 1. The van der Waals surface area contributed by atoms with Gasteiger partial charge in [-0.3, -0.25) is 0 Å². The van der Waals surface area contributed by atoms with Crippen molar-refractivity contribution in [1.29, 1.82) is 0 Å². The van der Waals surface area contributed by atoms with Crippen molar-refractivity contribution in [2.24, 2.45) is 0 Å². The van der Waals surface area contributed by atoms with Crippen molar-refractivity contribution in [3.63, 3.8) is 0 Å². The highest BCUT2D eigenvalue weighted by atomic mass is 16.5. The van der Waals surface area contributed by atoms with Crippen LogP contribution in [0.15, 0.2) is 36.7 Å². The molecule has 0 unspecified atom stereocenters. The lowest BCUT2D eigenvalue weighted by molar-refractivity contribution is 0.210. The third-order valence-electron chi connectivity index (χ3n) is 2.83. The number of hydrogen-bond donors (Lipinski definition) is 1. The Labute approximate surface area is 119 Å². The van der Waals surface area contributed by atoms with Crippen LogP contribution in [0.4, 0.5) is 5.82 Å². The fourth-order valence-corrected chi connectivity index (χ4v) is 1.87. The van der Waals surface area contributed by atoms with Crippen LogP contribution in [0.25, 0.3) is 0 Å². The molecule has 1 aromatic carbocycles. The van der Waals surface area contributed by atoms with Crippen LogP contribution in [-0.4, -0.2) is 30.2 Å². The zero-order valence-electron chi connectivity index (χ0n) is 11.8. The van der Waals surface area contributed by atoms with E-state index < -0.39 is 0 Å². The van der Waals surface area contributed by atoms with E-state index >= 15 is 0 Å². The Morgan fingerprint density at radius 3 is 2.50 bits per heavy atom. The van der Waals surface area contributed by atoms with Gasteiger partial charge < -0.3 is 14.8 Å². The quantitative estimate of drug-likeness (QED) is 0.786. The molecular formula is C15H19N3O2. The summed E-state index contributed by atoms with van der Waals surface area (Å²) < 4.78 is 11.2. The van der Waals surface area contributed by atoms with Gasteiger partial charge in [0.1, 0.15) is 31.1 Å². The lowest BCUT2D eigenvalue weighted by atomic mass is 10.2. The van der Waals surface area contributed by atoms with Gasteiger partial charge in [0.25, 0.3) is 0 Å². The minimum atomic E-state index is 0.446. The third-order valence-corrected chi connectivity index (χ3v) is 2.83. The average Bonchev–Trinajstić information content (AvgIpc) is 2.52. The van der Waals surface area contributed by atoms with Gasteiger partial charge in [0.05, 0.1) is 5.56 Å². The summed E-state index contributed by atoms with van der Waals surface area (Å²) in [4.78, 5) is 8.34. The monoisotopic (exact) mass is 273 g/mol. The van der Waals surface area contributed by atoms with Crippen LogP contribution in [0.2, 0.25) is 0 Å². The number of ether oxygens (including phenoxy) is 2. The number of hydrogen-bond acceptors (Lipinski definition) is 5. The van der Waals surface area contributed by atoms with Crippen LogP contribution in [0, 0.1) is 0 Å². The SMILES string of the molecule is CCc1c(NC)ncnc1OCCOc1ccccc1. The Morgan fingerprint density at radius 1 is 1.05 bits per heavy atom. The van der Waals surface area contributed by atoms with Crippen molar-refractivity contribution in [1.82, 2.24) is 9.97 Å². The maximum Gasteiger partial charge on any atom is 0.221 e. The van der Waals surface area contributed by atoms with E-state index in [0.29, 0.717) is 19.1 Å². The number of anilines is 1. The van der Waals surface area contributed by atoms with E-state index in [9.17, 15) is 0 Å². The molecule has 1 N–H and O–H groups in total. The molecule has 0 amide bonds. The second-order valence-corrected chi connectivity index (χ2v) is 4.12. The van der Waals surface area contributed by atoms with E-state index in [1.54, 1.807) is 0 Å². The fraction of sp³-hybridized carbons (Fsp3) is 0.333. The van der Waals surface area contributed by atoms with Gasteiger partial charge in [-0.15, -0.1) is 0 Å². The molecule has 106 valence electrons. The molecule has 0 aliphatic heterocycles.